The molecule has 3 aromatic carbocycles. The smallest absolute Gasteiger partial charge is 0.0305 e. The van der Waals surface area contributed by atoms with Gasteiger partial charge < -0.3 is 5.73 Å². The van der Waals surface area contributed by atoms with Crippen LogP contribution in [-0.2, 0) is 33.6 Å². The van der Waals surface area contributed by atoms with E-state index in [0.29, 0.717) is 12.0 Å². The van der Waals surface area contributed by atoms with Gasteiger partial charge in [0.1, 0.15) is 0 Å². The zero-order valence-corrected chi connectivity index (χ0v) is 36.3. The lowest BCUT2D eigenvalue weighted by molar-refractivity contribution is 0.586. The fourth-order valence-electron chi connectivity index (χ4n) is 5.18. The van der Waals surface area contributed by atoms with Gasteiger partial charge in [0.05, 0.1) is 0 Å². The largest absolute Gasteiger partial charge is 0.326 e. The first-order valence-electron chi connectivity index (χ1n) is 19.1. The van der Waals surface area contributed by atoms with Crippen LogP contribution in [0, 0.1) is 6.92 Å². The van der Waals surface area contributed by atoms with E-state index >= 15 is 0 Å². The molecule has 0 amide bonds. The molecule has 0 radical (unpaired) electrons. The van der Waals surface area contributed by atoms with Gasteiger partial charge in [-0.2, -0.15) is 0 Å². The minimum atomic E-state index is 0. The third kappa shape index (κ3) is 19.8. The van der Waals surface area contributed by atoms with Crippen LogP contribution in [0.4, 0.5) is 0 Å². The van der Waals surface area contributed by atoms with E-state index in [-0.39, 0.29) is 29.1 Å². The third-order valence-corrected chi connectivity index (χ3v) is 8.70. The molecule has 2 N–H and O–H groups in total. The van der Waals surface area contributed by atoms with Gasteiger partial charge in [0.2, 0.25) is 0 Å². The molecular weight excluding hydrogens is 655 g/mol. The molecular formula is C51H77N3. The first kappa shape index (κ1) is 49.9. The summed E-state index contributed by atoms with van der Waals surface area (Å²) in [7, 11) is 0. The summed E-state index contributed by atoms with van der Waals surface area (Å²) in [4.78, 5) is 8.01. The van der Waals surface area contributed by atoms with Crippen molar-refractivity contribution in [3.8, 4) is 0 Å². The average Bonchev–Trinajstić information content (AvgIpc) is 3.09. The van der Waals surface area contributed by atoms with Crippen molar-refractivity contribution in [3.63, 3.8) is 0 Å². The van der Waals surface area contributed by atoms with Crippen molar-refractivity contribution in [2.24, 2.45) is 5.73 Å². The summed E-state index contributed by atoms with van der Waals surface area (Å²) in [5.74, 6) is 0. The molecule has 3 nitrogen and oxygen atoms in total. The summed E-state index contributed by atoms with van der Waals surface area (Å²) in [5.41, 5.74) is 16.3. The molecule has 0 saturated carbocycles. The van der Waals surface area contributed by atoms with Crippen LogP contribution in [0.1, 0.15) is 150 Å². The number of benzene rings is 3. The number of nitrogens with two attached hydrogens (primary N) is 1. The number of pyridine rings is 2. The van der Waals surface area contributed by atoms with Crippen LogP contribution in [0.15, 0.2) is 128 Å². The lowest BCUT2D eigenvalue weighted by atomic mass is 9.84. The predicted molar refractivity (Wildman–Crippen MR) is 241 cm³/mol. The molecule has 0 unspecified atom stereocenters. The van der Waals surface area contributed by atoms with Crippen LogP contribution in [0.2, 0.25) is 0 Å². The quantitative estimate of drug-likeness (QED) is 0.187. The van der Waals surface area contributed by atoms with Crippen molar-refractivity contribution >= 4 is 0 Å². The van der Waals surface area contributed by atoms with Crippen molar-refractivity contribution < 1.29 is 0 Å². The van der Waals surface area contributed by atoms with Gasteiger partial charge in [-0.15, -0.1) is 0 Å². The Kier molecular flexibility index (Phi) is 20.6. The summed E-state index contributed by atoms with van der Waals surface area (Å²) in [6, 6.07) is 35.8. The van der Waals surface area contributed by atoms with Crippen molar-refractivity contribution in [3.05, 3.63) is 167 Å². The topological polar surface area (TPSA) is 51.8 Å². The lowest BCUT2D eigenvalue weighted by Crippen LogP contribution is -2.12. The molecule has 2 aromatic heterocycles. The Bertz CT molecular complexity index is 1570. The maximum absolute atomic E-state index is 5.56. The van der Waals surface area contributed by atoms with Gasteiger partial charge in [-0.3, -0.25) is 9.97 Å². The maximum atomic E-state index is 5.56. The molecule has 0 fully saturated rings. The SMILES string of the molecule is C.CC(C)(C)c1cccc(CN)c1.CC(C)(C)c1ccccc1.CC(C)(C)c1cccnc1.CC(C)(C)c1ccncc1.Cc1ccccc1C(C)(C)C. The van der Waals surface area contributed by atoms with Crippen LogP contribution in [0.5, 0.6) is 0 Å². The van der Waals surface area contributed by atoms with Gasteiger partial charge in [0.25, 0.3) is 0 Å². The summed E-state index contributed by atoms with van der Waals surface area (Å²) < 4.78 is 0. The van der Waals surface area contributed by atoms with Gasteiger partial charge in [0, 0.05) is 31.3 Å². The first-order valence-corrected chi connectivity index (χ1v) is 19.1. The second kappa shape index (κ2) is 22.3. The number of nitrogens with zero attached hydrogens (tertiary/aromatic N) is 2. The van der Waals surface area contributed by atoms with Gasteiger partial charge in [0.15, 0.2) is 0 Å². The Hall–Kier alpha value is -4.08. The highest BCUT2D eigenvalue weighted by molar-refractivity contribution is 5.31. The summed E-state index contributed by atoms with van der Waals surface area (Å²) >= 11 is 0. The first-order chi connectivity index (χ1) is 24.4. The number of aromatic nitrogens is 2. The Labute approximate surface area is 333 Å². The molecule has 2 heterocycles. The zero-order valence-electron chi connectivity index (χ0n) is 36.3. The molecule has 5 aromatic rings. The average molecular weight is 732 g/mol. The van der Waals surface area contributed by atoms with E-state index in [0.717, 1.165) is 0 Å². The summed E-state index contributed by atoms with van der Waals surface area (Å²) in [6.07, 6.45) is 7.39. The van der Waals surface area contributed by atoms with Crippen LogP contribution in [0.3, 0.4) is 0 Å². The molecule has 0 saturated heterocycles. The second-order valence-electron chi connectivity index (χ2n) is 18.8. The van der Waals surface area contributed by atoms with Gasteiger partial charge >= 0.3 is 0 Å². The van der Waals surface area contributed by atoms with E-state index in [1.54, 1.807) is 6.20 Å². The molecule has 54 heavy (non-hydrogen) atoms. The number of hydrogen-bond donors (Lipinski definition) is 1. The summed E-state index contributed by atoms with van der Waals surface area (Å²) in [6.45, 7) is 36.0. The minimum Gasteiger partial charge on any atom is -0.326 e. The molecule has 0 aliphatic carbocycles. The van der Waals surface area contributed by atoms with E-state index < -0.39 is 0 Å². The van der Waals surface area contributed by atoms with Crippen LogP contribution >= 0.6 is 0 Å². The van der Waals surface area contributed by atoms with Crippen LogP contribution in [0.25, 0.3) is 0 Å². The van der Waals surface area contributed by atoms with Crippen molar-refractivity contribution in [2.75, 3.05) is 0 Å². The Balaban J connectivity index is 0.000000648. The lowest BCUT2D eigenvalue weighted by Gasteiger charge is -2.21. The van der Waals surface area contributed by atoms with E-state index in [2.05, 4.69) is 218 Å². The zero-order chi connectivity index (χ0) is 40.5. The highest BCUT2D eigenvalue weighted by Crippen LogP contribution is 2.25. The molecule has 296 valence electrons. The normalized spacial score (nSPS) is 11.4. The highest BCUT2D eigenvalue weighted by atomic mass is 14.6. The van der Waals surface area contributed by atoms with Gasteiger partial charge in [-0.25, -0.2) is 0 Å². The van der Waals surface area contributed by atoms with Gasteiger partial charge in [-0.1, -0.05) is 196 Å². The van der Waals surface area contributed by atoms with Crippen molar-refractivity contribution in [1.82, 2.24) is 9.97 Å². The molecule has 0 atom stereocenters. The fraction of sp³-hybridized carbons (Fsp3) is 0.451. The van der Waals surface area contributed by atoms with Gasteiger partial charge in [-0.05, 0) is 91.1 Å². The highest BCUT2D eigenvalue weighted by Gasteiger charge is 2.16. The monoisotopic (exact) mass is 732 g/mol. The predicted octanol–water partition coefficient (Wildman–Crippen LogP) is 14.1. The second-order valence-corrected chi connectivity index (χ2v) is 18.8. The number of rotatable bonds is 1. The fourth-order valence-corrected chi connectivity index (χ4v) is 5.18. The van der Waals surface area contributed by atoms with Crippen LogP contribution < -0.4 is 5.73 Å². The Morgan fingerprint density at radius 2 is 0.870 bits per heavy atom. The Morgan fingerprint density at radius 1 is 0.426 bits per heavy atom. The minimum absolute atomic E-state index is 0. The van der Waals surface area contributed by atoms with E-state index in [1.165, 1.54) is 38.9 Å². The van der Waals surface area contributed by atoms with Crippen molar-refractivity contribution in [1.29, 1.82) is 0 Å². The number of hydrogen-bond acceptors (Lipinski definition) is 3. The van der Waals surface area contributed by atoms with Crippen molar-refractivity contribution in [2.45, 2.75) is 152 Å². The number of aryl methyl sites for hydroxylation is 1. The molecule has 0 aliphatic heterocycles. The van der Waals surface area contributed by atoms with E-state index in [9.17, 15) is 0 Å². The Morgan fingerprint density at radius 3 is 1.22 bits per heavy atom. The molecule has 3 heteroatoms. The maximum Gasteiger partial charge on any atom is 0.0305 e. The third-order valence-electron chi connectivity index (χ3n) is 8.70. The van der Waals surface area contributed by atoms with E-state index in [1.807, 2.05) is 24.7 Å². The van der Waals surface area contributed by atoms with E-state index in [4.69, 9.17) is 5.73 Å². The molecule has 5 rings (SSSR count). The van der Waals surface area contributed by atoms with Crippen LogP contribution in [-0.4, -0.2) is 9.97 Å². The molecule has 0 spiro atoms. The summed E-state index contributed by atoms with van der Waals surface area (Å²) in [5, 5.41) is 0. The standard InChI is InChI=1S/C11H17N.C11H16.C10H14.2C9H13N.CH4/c1-11(2,3)10-6-4-5-9(7-10)8-12;1-9-7-5-6-8-10(9)11(2,3)4;1-10(2,3)9-7-5-4-6-8-9;1-9(2,3)8-4-6-10-7-5-8;1-9(2,3)8-5-4-6-10-7-8;/h4-7H,8,12H2,1-3H3;5-8H,1-4H3;4-8H,1-3H3;2*4-7H,1-3H3;1H4. The molecule has 0 bridgehead atoms. The molecule has 0 aliphatic rings.